The van der Waals surface area contributed by atoms with Crippen molar-refractivity contribution in [1.29, 1.82) is 0 Å². The van der Waals surface area contributed by atoms with Crippen molar-refractivity contribution >= 4 is 17.7 Å². The average molecular weight is 464 g/mol. The second-order valence-electron chi connectivity index (χ2n) is 9.95. The minimum Gasteiger partial charge on any atom is -0.489 e. The van der Waals surface area contributed by atoms with E-state index in [2.05, 4.69) is 10.6 Å². The molecule has 0 aromatic heterocycles. The Morgan fingerprint density at radius 3 is 2.64 bits per heavy atom. The van der Waals surface area contributed by atoms with E-state index in [0.29, 0.717) is 49.8 Å². The SMILES string of the molecule is CC(C)Nc1cc2c(c(C(=O)NC[C@@H]3CCN(C(=O)OC(C)(C)C)CC3O)c1)OCCCO2. The number of ether oxygens (including phenoxy) is 3. The number of carbonyl (C=O) groups is 2. The van der Waals surface area contributed by atoms with Gasteiger partial charge in [0.1, 0.15) is 5.60 Å². The number of nitrogens with one attached hydrogen (secondary N) is 2. The van der Waals surface area contributed by atoms with Gasteiger partial charge in [-0.25, -0.2) is 4.79 Å². The van der Waals surface area contributed by atoms with Crippen molar-refractivity contribution in [1.82, 2.24) is 10.2 Å². The standard InChI is InChI=1S/C24H37N3O6/c1-15(2)26-17-11-18(21-20(12-17)31-9-6-10-32-21)22(29)25-13-16-7-8-27(14-19(16)28)23(30)33-24(3,4)5/h11-12,15-16,19,26,28H,6-10,13-14H2,1-5H3,(H,25,29)/t16-,19?/m0/s1. The normalized spacial score (nSPS) is 20.8. The van der Waals surface area contributed by atoms with Gasteiger partial charge in [-0.05, 0) is 47.1 Å². The first-order valence-corrected chi connectivity index (χ1v) is 11.7. The average Bonchev–Trinajstić information content (AvgIpc) is 2.95. The molecular formula is C24H37N3O6. The molecule has 9 nitrogen and oxygen atoms in total. The van der Waals surface area contributed by atoms with Gasteiger partial charge < -0.3 is 34.9 Å². The molecule has 9 heteroatoms. The molecule has 1 unspecified atom stereocenters. The van der Waals surface area contributed by atoms with Gasteiger partial charge >= 0.3 is 6.09 Å². The molecule has 0 saturated carbocycles. The molecular weight excluding hydrogens is 426 g/mol. The van der Waals surface area contributed by atoms with E-state index in [1.165, 1.54) is 4.90 Å². The van der Waals surface area contributed by atoms with E-state index in [4.69, 9.17) is 14.2 Å². The number of hydrogen-bond acceptors (Lipinski definition) is 7. The lowest BCUT2D eigenvalue weighted by Crippen LogP contribution is -2.50. The van der Waals surface area contributed by atoms with Gasteiger partial charge in [0.25, 0.3) is 5.91 Å². The van der Waals surface area contributed by atoms with E-state index in [1.807, 2.05) is 40.7 Å². The summed E-state index contributed by atoms with van der Waals surface area (Å²) in [5, 5.41) is 16.8. The molecule has 2 atom stereocenters. The van der Waals surface area contributed by atoms with Gasteiger partial charge in [-0.3, -0.25) is 4.79 Å². The Hall–Kier alpha value is -2.68. The molecule has 3 N–H and O–H groups in total. The number of carbonyl (C=O) groups excluding carboxylic acids is 2. The summed E-state index contributed by atoms with van der Waals surface area (Å²) >= 11 is 0. The summed E-state index contributed by atoms with van der Waals surface area (Å²) in [6, 6.07) is 3.81. The number of piperidine rings is 1. The van der Waals surface area contributed by atoms with Gasteiger partial charge in [-0.1, -0.05) is 0 Å². The van der Waals surface area contributed by atoms with Crippen LogP contribution >= 0.6 is 0 Å². The maximum absolute atomic E-state index is 13.1. The zero-order valence-electron chi connectivity index (χ0n) is 20.3. The second kappa shape index (κ2) is 10.5. The third kappa shape index (κ3) is 6.90. The molecule has 1 aromatic rings. The lowest BCUT2D eigenvalue weighted by Gasteiger charge is -2.36. The van der Waals surface area contributed by atoms with Crippen LogP contribution in [0.1, 0.15) is 57.8 Å². The summed E-state index contributed by atoms with van der Waals surface area (Å²) in [6.07, 6.45) is 0.119. The third-order valence-electron chi connectivity index (χ3n) is 5.45. The summed E-state index contributed by atoms with van der Waals surface area (Å²) < 4.78 is 17.0. The minimum atomic E-state index is -0.753. The summed E-state index contributed by atoms with van der Waals surface area (Å²) in [5.74, 6) is 0.542. The number of amides is 2. The molecule has 1 saturated heterocycles. The molecule has 2 aliphatic rings. The third-order valence-corrected chi connectivity index (χ3v) is 5.45. The number of fused-ring (bicyclic) bond motifs is 1. The highest BCUT2D eigenvalue weighted by Crippen LogP contribution is 2.37. The van der Waals surface area contributed by atoms with Crippen molar-refractivity contribution in [2.24, 2.45) is 5.92 Å². The highest BCUT2D eigenvalue weighted by molar-refractivity contribution is 5.99. The Labute approximate surface area is 195 Å². The van der Waals surface area contributed by atoms with Crippen LogP contribution in [0.25, 0.3) is 0 Å². The molecule has 0 spiro atoms. The zero-order chi connectivity index (χ0) is 24.2. The number of anilines is 1. The van der Waals surface area contributed by atoms with Gasteiger partial charge in [0.05, 0.1) is 31.4 Å². The highest BCUT2D eigenvalue weighted by atomic mass is 16.6. The fourth-order valence-electron chi connectivity index (χ4n) is 3.89. The maximum Gasteiger partial charge on any atom is 0.410 e. The molecule has 2 aliphatic heterocycles. The Kier molecular flexibility index (Phi) is 7.94. The van der Waals surface area contributed by atoms with Crippen LogP contribution in [0.5, 0.6) is 11.5 Å². The van der Waals surface area contributed by atoms with Gasteiger partial charge in [0.15, 0.2) is 11.5 Å². The summed E-state index contributed by atoms with van der Waals surface area (Å²) in [6.45, 7) is 11.4. The quantitative estimate of drug-likeness (QED) is 0.616. The molecule has 0 bridgehead atoms. The highest BCUT2D eigenvalue weighted by Gasteiger charge is 2.33. The van der Waals surface area contributed by atoms with Crippen LogP contribution in [0.3, 0.4) is 0 Å². The van der Waals surface area contributed by atoms with Crippen molar-refractivity contribution in [3.63, 3.8) is 0 Å². The lowest BCUT2D eigenvalue weighted by atomic mass is 9.94. The van der Waals surface area contributed by atoms with Crippen molar-refractivity contribution in [3.05, 3.63) is 17.7 Å². The molecule has 1 aromatic carbocycles. The first-order valence-electron chi connectivity index (χ1n) is 11.7. The van der Waals surface area contributed by atoms with Crippen molar-refractivity contribution in [3.8, 4) is 11.5 Å². The van der Waals surface area contributed by atoms with Crippen LogP contribution < -0.4 is 20.1 Å². The Bertz CT molecular complexity index is 851. The van der Waals surface area contributed by atoms with Crippen molar-refractivity contribution < 1.29 is 28.9 Å². The number of aliphatic hydroxyl groups is 1. The molecule has 3 rings (SSSR count). The van der Waals surface area contributed by atoms with Crippen LogP contribution in [-0.2, 0) is 4.74 Å². The lowest BCUT2D eigenvalue weighted by molar-refractivity contribution is -0.0122. The van der Waals surface area contributed by atoms with E-state index in [1.54, 1.807) is 6.07 Å². The zero-order valence-corrected chi connectivity index (χ0v) is 20.3. The van der Waals surface area contributed by atoms with Gasteiger partial charge in [-0.15, -0.1) is 0 Å². The van der Waals surface area contributed by atoms with Gasteiger partial charge in [-0.2, -0.15) is 0 Å². The monoisotopic (exact) mass is 463 g/mol. The molecule has 2 heterocycles. The summed E-state index contributed by atoms with van der Waals surface area (Å²) in [7, 11) is 0. The van der Waals surface area contributed by atoms with Crippen LogP contribution in [-0.4, -0.2) is 72.6 Å². The van der Waals surface area contributed by atoms with Crippen LogP contribution in [0.4, 0.5) is 10.5 Å². The van der Waals surface area contributed by atoms with E-state index in [0.717, 1.165) is 12.1 Å². The van der Waals surface area contributed by atoms with E-state index >= 15 is 0 Å². The number of aliphatic hydroxyl groups excluding tert-OH is 1. The molecule has 33 heavy (non-hydrogen) atoms. The number of likely N-dealkylation sites (tertiary alicyclic amines) is 1. The Balaban J connectivity index is 1.64. The molecule has 1 fully saturated rings. The molecule has 0 radical (unpaired) electrons. The predicted octanol–water partition coefficient (Wildman–Crippen LogP) is 3.02. The first-order chi connectivity index (χ1) is 15.5. The maximum atomic E-state index is 13.1. The molecule has 0 aliphatic carbocycles. The second-order valence-corrected chi connectivity index (χ2v) is 9.95. The van der Waals surface area contributed by atoms with Crippen LogP contribution in [0, 0.1) is 5.92 Å². The van der Waals surface area contributed by atoms with Crippen molar-refractivity contribution in [2.75, 3.05) is 38.2 Å². The smallest absolute Gasteiger partial charge is 0.410 e. The fraction of sp³-hybridized carbons (Fsp3) is 0.667. The van der Waals surface area contributed by atoms with Crippen molar-refractivity contribution in [2.45, 2.75) is 65.2 Å². The largest absolute Gasteiger partial charge is 0.489 e. The first kappa shape index (κ1) is 25.0. The predicted molar refractivity (Wildman–Crippen MR) is 125 cm³/mol. The minimum absolute atomic E-state index is 0.166. The molecule has 184 valence electrons. The van der Waals surface area contributed by atoms with E-state index < -0.39 is 17.8 Å². The van der Waals surface area contributed by atoms with Gasteiger partial charge in [0, 0.05) is 43.2 Å². The number of β-amino-alcohol motifs (C(OH)–C–C–N with tert-alkyl or cyclic N) is 1. The summed E-state index contributed by atoms with van der Waals surface area (Å²) in [5.41, 5.74) is 0.596. The number of benzene rings is 1. The Morgan fingerprint density at radius 1 is 1.24 bits per heavy atom. The van der Waals surface area contributed by atoms with E-state index in [-0.39, 0.29) is 24.4 Å². The summed E-state index contributed by atoms with van der Waals surface area (Å²) in [4.78, 5) is 26.9. The molecule has 2 amide bonds. The van der Waals surface area contributed by atoms with Crippen LogP contribution in [0.2, 0.25) is 0 Å². The Morgan fingerprint density at radius 2 is 1.97 bits per heavy atom. The topological polar surface area (TPSA) is 109 Å². The number of hydrogen-bond donors (Lipinski definition) is 3. The fourth-order valence-corrected chi connectivity index (χ4v) is 3.89. The van der Waals surface area contributed by atoms with E-state index in [9.17, 15) is 14.7 Å². The number of nitrogens with zero attached hydrogens (tertiary/aromatic N) is 1. The van der Waals surface area contributed by atoms with Crippen LogP contribution in [0.15, 0.2) is 12.1 Å². The van der Waals surface area contributed by atoms with Gasteiger partial charge in [0.2, 0.25) is 0 Å². The number of rotatable bonds is 5.